The van der Waals surface area contributed by atoms with Crippen LogP contribution in [0.4, 0.5) is 14.9 Å². The first kappa shape index (κ1) is 22.0. The molecule has 10 heteroatoms. The van der Waals surface area contributed by atoms with Crippen molar-refractivity contribution in [2.24, 2.45) is 0 Å². The van der Waals surface area contributed by atoms with Gasteiger partial charge in [-0.15, -0.1) is 0 Å². The number of furan rings is 1. The fourth-order valence-electron chi connectivity index (χ4n) is 3.07. The Morgan fingerprint density at radius 1 is 1.09 bits per heavy atom. The number of carbonyl (C=O) groups is 4. The van der Waals surface area contributed by atoms with Gasteiger partial charge in [0.05, 0.1) is 10.5 Å². The summed E-state index contributed by atoms with van der Waals surface area (Å²) in [5.74, 6) is -2.25. The third kappa shape index (κ3) is 5.01. The van der Waals surface area contributed by atoms with Gasteiger partial charge in [0.25, 0.3) is 11.1 Å². The number of halogens is 1. The Kier molecular flexibility index (Phi) is 6.09. The van der Waals surface area contributed by atoms with Gasteiger partial charge in [0.15, 0.2) is 0 Å². The van der Waals surface area contributed by atoms with E-state index in [1.54, 1.807) is 24.3 Å². The second kappa shape index (κ2) is 9.13. The van der Waals surface area contributed by atoms with Crippen molar-refractivity contribution in [1.29, 1.82) is 0 Å². The molecule has 2 aromatic carbocycles. The summed E-state index contributed by atoms with van der Waals surface area (Å²) in [6.45, 7) is -0.524. The van der Waals surface area contributed by atoms with Crippen LogP contribution in [0.5, 0.6) is 0 Å². The molecule has 33 heavy (non-hydrogen) atoms. The normalized spacial score (nSPS) is 14.7. The maximum Gasteiger partial charge on any atom is 0.335 e. The third-order valence-corrected chi connectivity index (χ3v) is 5.49. The molecule has 4 rings (SSSR count). The van der Waals surface area contributed by atoms with Gasteiger partial charge in [0.2, 0.25) is 5.91 Å². The molecule has 1 aliphatic heterocycles. The van der Waals surface area contributed by atoms with E-state index >= 15 is 0 Å². The second-order valence-electron chi connectivity index (χ2n) is 6.91. The summed E-state index contributed by atoms with van der Waals surface area (Å²) in [6.07, 6.45) is 1.37. The Hall–Kier alpha value is -4.18. The van der Waals surface area contributed by atoms with Gasteiger partial charge >= 0.3 is 5.97 Å². The smallest absolute Gasteiger partial charge is 0.335 e. The number of aromatic carboxylic acids is 1. The maximum absolute atomic E-state index is 13.3. The molecule has 0 bridgehead atoms. The molecule has 0 saturated carbocycles. The Balaban J connectivity index is 1.46. The van der Waals surface area contributed by atoms with Crippen LogP contribution in [-0.2, 0) is 9.59 Å². The SMILES string of the molecule is O=C(CN1C(=O)S/C(=C\c2ccc(-c3cccc(C(=O)O)c3)o2)C1=O)Nc1cccc(F)c1. The van der Waals surface area contributed by atoms with E-state index in [0.29, 0.717) is 23.1 Å². The Morgan fingerprint density at radius 2 is 1.88 bits per heavy atom. The number of carbonyl (C=O) groups excluding carboxylic acids is 3. The van der Waals surface area contributed by atoms with Crippen LogP contribution in [0.15, 0.2) is 70.0 Å². The molecule has 1 aromatic heterocycles. The van der Waals surface area contributed by atoms with E-state index in [9.17, 15) is 23.6 Å². The summed E-state index contributed by atoms with van der Waals surface area (Å²) in [5, 5.41) is 10.9. The van der Waals surface area contributed by atoms with Crippen molar-refractivity contribution < 1.29 is 33.1 Å². The second-order valence-corrected chi connectivity index (χ2v) is 7.91. The van der Waals surface area contributed by atoms with E-state index in [1.807, 2.05) is 0 Å². The number of carboxylic acids is 1. The summed E-state index contributed by atoms with van der Waals surface area (Å²) >= 11 is 0.660. The maximum atomic E-state index is 13.3. The molecule has 1 fully saturated rings. The molecule has 0 radical (unpaired) electrons. The summed E-state index contributed by atoms with van der Waals surface area (Å²) in [4.78, 5) is 49.1. The van der Waals surface area contributed by atoms with Gasteiger partial charge in [-0.2, -0.15) is 0 Å². The predicted molar refractivity (Wildman–Crippen MR) is 119 cm³/mol. The van der Waals surface area contributed by atoms with Crippen LogP contribution >= 0.6 is 11.8 Å². The van der Waals surface area contributed by atoms with E-state index in [0.717, 1.165) is 11.0 Å². The molecule has 3 aromatic rings. The van der Waals surface area contributed by atoms with Gasteiger partial charge in [0, 0.05) is 17.3 Å². The van der Waals surface area contributed by atoms with Crippen molar-refractivity contribution >= 4 is 46.5 Å². The van der Waals surface area contributed by atoms with Gasteiger partial charge in [-0.3, -0.25) is 19.3 Å². The summed E-state index contributed by atoms with van der Waals surface area (Å²) in [5.41, 5.74) is 0.845. The number of rotatable bonds is 6. The van der Waals surface area contributed by atoms with E-state index in [2.05, 4.69) is 5.32 Å². The number of nitrogens with zero attached hydrogens (tertiary/aromatic N) is 1. The topological polar surface area (TPSA) is 117 Å². The van der Waals surface area contributed by atoms with Crippen molar-refractivity contribution in [3.05, 3.63) is 82.7 Å². The van der Waals surface area contributed by atoms with Crippen LogP contribution in [0.1, 0.15) is 16.1 Å². The zero-order chi connectivity index (χ0) is 23.5. The zero-order valence-electron chi connectivity index (χ0n) is 16.8. The summed E-state index contributed by atoms with van der Waals surface area (Å²) in [6, 6.07) is 14.6. The molecular weight excluding hydrogens is 451 g/mol. The first-order chi connectivity index (χ1) is 15.8. The summed E-state index contributed by atoms with van der Waals surface area (Å²) in [7, 11) is 0. The van der Waals surface area contributed by atoms with E-state index in [4.69, 9.17) is 9.52 Å². The molecule has 2 heterocycles. The van der Waals surface area contributed by atoms with Crippen molar-refractivity contribution in [1.82, 2.24) is 4.90 Å². The zero-order valence-corrected chi connectivity index (χ0v) is 17.6. The Morgan fingerprint density at radius 3 is 2.64 bits per heavy atom. The van der Waals surface area contributed by atoms with Crippen LogP contribution in [0.25, 0.3) is 17.4 Å². The molecule has 0 atom stereocenters. The van der Waals surface area contributed by atoms with Crippen molar-refractivity contribution in [2.75, 3.05) is 11.9 Å². The number of imide groups is 1. The van der Waals surface area contributed by atoms with Crippen molar-refractivity contribution in [3.63, 3.8) is 0 Å². The molecule has 0 aliphatic carbocycles. The monoisotopic (exact) mass is 466 g/mol. The number of hydrogen-bond acceptors (Lipinski definition) is 6. The van der Waals surface area contributed by atoms with Crippen LogP contribution in [-0.4, -0.2) is 39.6 Å². The first-order valence-corrected chi connectivity index (χ1v) is 10.4. The molecule has 0 spiro atoms. The standard InChI is InChI=1S/C23H15FN2O6S/c24-15-5-2-6-16(10-15)25-20(27)12-26-21(28)19(33-23(26)31)11-17-7-8-18(32-17)13-3-1-4-14(9-13)22(29)30/h1-11H,12H2,(H,25,27)(H,29,30)/b19-11-. The average molecular weight is 466 g/mol. The molecule has 3 amide bonds. The average Bonchev–Trinajstić information content (AvgIpc) is 3.34. The number of hydrogen-bond donors (Lipinski definition) is 2. The van der Waals surface area contributed by atoms with Crippen LogP contribution in [0, 0.1) is 5.82 Å². The van der Waals surface area contributed by atoms with Gasteiger partial charge < -0.3 is 14.8 Å². The lowest BCUT2D eigenvalue weighted by Gasteiger charge is -2.12. The summed E-state index contributed by atoms with van der Waals surface area (Å²) < 4.78 is 18.9. The highest BCUT2D eigenvalue weighted by molar-refractivity contribution is 8.18. The minimum absolute atomic E-state index is 0.0683. The molecule has 8 nitrogen and oxygen atoms in total. The van der Waals surface area contributed by atoms with Crippen LogP contribution in [0.2, 0.25) is 0 Å². The minimum atomic E-state index is -1.07. The Labute approximate surface area is 190 Å². The fourth-order valence-corrected chi connectivity index (χ4v) is 3.89. The third-order valence-electron chi connectivity index (χ3n) is 4.58. The van der Waals surface area contributed by atoms with E-state index in [1.165, 1.54) is 36.4 Å². The predicted octanol–water partition coefficient (Wildman–Crippen LogP) is 4.46. The van der Waals surface area contributed by atoms with Gasteiger partial charge in [0.1, 0.15) is 23.9 Å². The molecule has 0 unspecified atom stereocenters. The Bertz CT molecular complexity index is 1320. The minimum Gasteiger partial charge on any atom is -0.478 e. The van der Waals surface area contributed by atoms with Gasteiger partial charge in [-0.25, -0.2) is 9.18 Å². The number of amides is 3. The van der Waals surface area contributed by atoms with Crippen molar-refractivity contribution in [2.45, 2.75) is 0 Å². The van der Waals surface area contributed by atoms with E-state index in [-0.39, 0.29) is 21.9 Å². The number of benzene rings is 2. The lowest BCUT2D eigenvalue weighted by molar-refractivity contribution is -0.127. The number of anilines is 1. The van der Waals surface area contributed by atoms with Crippen molar-refractivity contribution in [3.8, 4) is 11.3 Å². The number of thioether (sulfide) groups is 1. The lowest BCUT2D eigenvalue weighted by atomic mass is 10.1. The molecule has 1 saturated heterocycles. The molecular formula is C23H15FN2O6S. The first-order valence-electron chi connectivity index (χ1n) is 9.54. The highest BCUT2D eigenvalue weighted by atomic mass is 32.2. The highest BCUT2D eigenvalue weighted by Gasteiger charge is 2.36. The molecule has 1 aliphatic rings. The fraction of sp³-hybridized carbons (Fsp3) is 0.0435. The molecule has 166 valence electrons. The number of carboxylic acid groups (broad SMARTS) is 1. The quantitative estimate of drug-likeness (QED) is 0.515. The van der Waals surface area contributed by atoms with Crippen LogP contribution in [0.3, 0.4) is 0 Å². The number of nitrogens with one attached hydrogen (secondary N) is 1. The lowest BCUT2D eigenvalue weighted by Crippen LogP contribution is -2.36. The van der Waals surface area contributed by atoms with Gasteiger partial charge in [-0.05, 0) is 54.2 Å². The largest absolute Gasteiger partial charge is 0.478 e. The molecule has 2 N–H and O–H groups in total. The van der Waals surface area contributed by atoms with E-state index < -0.39 is 35.4 Å². The highest BCUT2D eigenvalue weighted by Crippen LogP contribution is 2.33. The van der Waals surface area contributed by atoms with Crippen LogP contribution < -0.4 is 5.32 Å². The van der Waals surface area contributed by atoms with Gasteiger partial charge in [-0.1, -0.05) is 18.2 Å².